The standard InChI is InChI=1S/C13H7N3O3/c14-6-2-1-3-9-4-5-11-10(7-9)13(17)12(8-15-11)16(18)19/h4-5,7-8H,2H2,(H,15,17). The van der Waals surface area contributed by atoms with Crippen LogP contribution >= 0.6 is 0 Å². The first-order chi connectivity index (χ1) is 9.13. The second kappa shape index (κ2) is 5.03. The molecule has 0 saturated heterocycles. The van der Waals surface area contributed by atoms with Gasteiger partial charge in [-0.15, -0.1) is 0 Å². The lowest BCUT2D eigenvalue weighted by Gasteiger charge is -1.98. The van der Waals surface area contributed by atoms with Gasteiger partial charge in [0.25, 0.3) is 5.43 Å². The number of hydrogen-bond acceptors (Lipinski definition) is 4. The molecule has 0 atom stereocenters. The number of hydrogen-bond donors (Lipinski definition) is 1. The van der Waals surface area contributed by atoms with Gasteiger partial charge in [-0.3, -0.25) is 14.9 Å². The van der Waals surface area contributed by atoms with Gasteiger partial charge in [-0.1, -0.05) is 11.8 Å². The van der Waals surface area contributed by atoms with Crippen LogP contribution in [0.1, 0.15) is 12.0 Å². The summed E-state index contributed by atoms with van der Waals surface area (Å²) in [5, 5.41) is 19.3. The Morgan fingerprint density at radius 3 is 2.89 bits per heavy atom. The Bertz CT molecular complexity index is 819. The van der Waals surface area contributed by atoms with E-state index in [1.165, 1.54) is 6.07 Å². The summed E-state index contributed by atoms with van der Waals surface area (Å²) < 4.78 is 0. The van der Waals surface area contributed by atoms with E-state index >= 15 is 0 Å². The molecule has 2 rings (SSSR count). The molecular formula is C13H7N3O3. The van der Waals surface area contributed by atoms with Crippen LogP contribution in [0.25, 0.3) is 10.9 Å². The van der Waals surface area contributed by atoms with E-state index in [9.17, 15) is 14.9 Å². The molecule has 6 nitrogen and oxygen atoms in total. The van der Waals surface area contributed by atoms with Gasteiger partial charge < -0.3 is 4.98 Å². The number of aromatic amines is 1. The lowest BCUT2D eigenvalue weighted by Crippen LogP contribution is -2.09. The fraction of sp³-hybridized carbons (Fsp3) is 0.0769. The predicted molar refractivity (Wildman–Crippen MR) is 68.3 cm³/mol. The highest BCUT2D eigenvalue weighted by Gasteiger charge is 2.14. The highest BCUT2D eigenvalue weighted by Crippen LogP contribution is 2.13. The number of nitrogens with zero attached hydrogens (tertiary/aromatic N) is 2. The molecule has 1 N–H and O–H groups in total. The molecule has 6 heteroatoms. The second-order valence-corrected chi connectivity index (χ2v) is 3.66. The van der Waals surface area contributed by atoms with Gasteiger partial charge in [0, 0.05) is 11.1 Å². The van der Waals surface area contributed by atoms with Crippen molar-refractivity contribution in [3.05, 3.63) is 50.3 Å². The smallest absolute Gasteiger partial charge is 0.332 e. The van der Waals surface area contributed by atoms with Crippen molar-refractivity contribution < 1.29 is 4.92 Å². The molecule has 92 valence electrons. The largest absolute Gasteiger partial charge is 0.355 e. The van der Waals surface area contributed by atoms with Crippen LogP contribution in [0.5, 0.6) is 0 Å². The van der Waals surface area contributed by atoms with E-state index in [0.29, 0.717) is 11.1 Å². The third kappa shape index (κ3) is 2.43. The van der Waals surface area contributed by atoms with E-state index in [4.69, 9.17) is 5.26 Å². The van der Waals surface area contributed by atoms with Gasteiger partial charge in [-0.2, -0.15) is 5.26 Å². The lowest BCUT2D eigenvalue weighted by molar-refractivity contribution is -0.386. The van der Waals surface area contributed by atoms with Gasteiger partial charge in [-0.05, 0) is 18.2 Å². The average Bonchev–Trinajstić information content (AvgIpc) is 2.39. The van der Waals surface area contributed by atoms with Crippen LogP contribution in [0, 0.1) is 33.3 Å². The number of nitrogens with one attached hydrogen (secondary N) is 1. The molecule has 1 aromatic heterocycles. The molecule has 1 heterocycles. The highest BCUT2D eigenvalue weighted by molar-refractivity contribution is 5.81. The van der Waals surface area contributed by atoms with Crippen LogP contribution < -0.4 is 5.43 Å². The number of nitriles is 1. The van der Waals surface area contributed by atoms with Gasteiger partial charge in [-0.25, -0.2) is 0 Å². The number of aromatic nitrogens is 1. The minimum absolute atomic E-state index is 0.0866. The van der Waals surface area contributed by atoms with Crippen molar-refractivity contribution >= 4 is 16.6 Å². The number of fused-ring (bicyclic) bond motifs is 1. The molecule has 0 aliphatic carbocycles. The van der Waals surface area contributed by atoms with E-state index in [1.54, 1.807) is 12.1 Å². The van der Waals surface area contributed by atoms with Crippen molar-refractivity contribution in [3.8, 4) is 17.9 Å². The summed E-state index contributed by atoms with van der Waals surface area (Å²) in [6, 6.07) is 6.65. The van der Waals surface area contributed by atoms with Gasteiger partial charge in [0.15, 0.2) is 0 Å². The highest BCUT2D eigenvalue weighted by atomic mass is 16.6. The van der Waals surface area contributed by atoms with Crippen LogP contribution in [0.3, 0.4) is 0 Å². The quantitative estimate of drug-likeness (QED) is 0.475. The van der Waals surface area contributed by atoms with Gasteiger partial charge in [0.1, 0.15) is 0 Å². The number of nitro groups is 1. The summed E-state index contributed by atoms with van der Waals surface area (Å²) in [7, 11) is 0. The molecule has 2 aromatic rings. The summed E-state index contributed by atoms with van der Waals surface area (Å²) in [5.41, 5.74) is -0.118. The Labute approximate surface area is 107 Å². The first-order valence-electron chi connectivity index (χ1n) is 5.29. The van der Waals surface area contributed by atoms with E-state index in [2.05, 4.69) is 16.8 Å². The Hall–Kier alpha value is -3.12. The zero-order valence-corrected chi connectivity index (χ0v) is 9.64. The van der Waals surface area contributed by atoms with E-state index in [1.807, 2.05) is 6.07 Å². The number of benzene rings is 1. The van der Waals surface area contributed by atoms with Crippen LogP contribution in [-0.4, -0.2) is 9.91 Å². The molecule has 0 saturated carbocycles. The fourth-order valence-electron chi connectivity index (χ4n) is 1.61. The van der Waals surface area contributed by atoms with Crippen molar-refractivity contribution in [3.63, 3.8) is 0 Å². The minimum Gasteiger partial charge on any atom is -0.355 e. The van der Waals surface area contributed by atoms with Crippen molar-refractivity contribution in [2.45, 2.75) is 6.42 Å². The first kappa shape index (κ1) is 12.3. The molecule has 0 aliphatic heterocycles. The molecule has 1 aromatic carbocycles. The summed E-state index contributed by atoms with van der Waals surface area (Å²) in [5.74, 6) is 5.33. The van der Waals surface area contributed by atoms with E-state index < -0.39 is 16.0 Å². The second-order valence-electron chi connectivity index (χ2n) is 3.66. The third-order valence-electron chi connectivity index (χ3n) is 2.46. The first-order valence-corrected chi connectivity index (χ1v) is 5.29. The van der Waals surface area contributed by atoms with E-state index in [0.717, 1.165) is 6.20 Å². The van der Waals surface area contributed by atoms with Gasteiger partial charge in [0.05, 0.1) is 29.0 Å². The lowest BCUT2D eigenvalue weighted by atomic mass is 10.1. The Balaban J connectivity index is 2.62. The van der Waals surface area contributed by atoms with E-state index in [-0.39, 0.29) is 11.8 Å². The molecule has 19 heavy (non-hydrogen) atoms. The van der Waals surface area contributed by atoms with Gasteiger partial charge >= 0.3 is 5.69 Å². The monoisotopic (exact) mass is 253 g/mol. The minimum atomic E-state index is -0.730. The van der Waals surface area contributed by atoms with Crippen LogP contribution in [0.4, 0.5) is 5.69 Å². The molecule has 0 fully saturated rings. The topological polar surface area (TPSA) is 99.8 Å². The maximum atomic E-state index is 11.9. The molecule has 0 unspecified atom stereocenters. The van der Waals surface area contributed by atoms with Crippen molar-refractivity contribution in [1.29, 1.82) is 5.26 Å². The van der Waals surface area contributed by atoms with Crippen LogP contribution in [-0.2, 0) is 0 Å². The maximum Gasteiger partial charge on any atom is 0.332 e. The van der Waals surface area contributed by atoms with Crippen molar-refractivity contribution in [2.24, 2.45) is 0 Å². The maximum absolute atomic E-state index is 11.9. The number of H-pyrrole nitrogens is 1. The molecule has 0 bridgehead atoms. The van der Waals surface area contributed by atoms with Crippen LogP contribution in [0.15, 0.2) is 29.2 Å². The van der Waals surface area contributed by atoms with Crippen molar-refractivity contribution in [1.82, 2.24) is 4.98 Å². The third-order valence-corrected chi connectivity index (χ3v) is 2.46. The molecule has 0 amide bonds. The molecule has 0 aliphatic rings. The predicted octanol–water partition coefficient (Wildman–Crippen LogP) is 1.70. The fourth-order valence-corrected chi connectivity index (χ4v) is 1.61. The summed E-state index contributed by atoms with van der Waals surface area (Å²) in [4.78, 5) is 24.5. The Morgan fingerprint density at radius 1 is 1.42 bits per heavy atom. The Morgan fingerprint density at radius 2 is 2.21 bits per heavy atom. The summed E-state index contributed by atoms with van der Waals surface area (Å²) in [6.45, 7) is 0. The normalized spacial score (nSPS) is 9.42. The molecule has 0 spiro atoms. The number of pyridine rings is 1. The Kier molecular flexibility index (Phi) is 3.26. The zero-order chi connectivity index (χ0) is 13.8. The summed E-state index contributed by atoms with van der Waals surface area (Å²) >= 11 is 0. The zero-order valence-electron chi connectivity index (χ0n) is 9.64. The molecule has 0 radical (unpaired) electrons. The molecular weight excluding hydrogens is 246 g/mol. The summed E-state index contributed by atoms with van der Waals surface area (Å²) in [6.07, 6.45) is 1.16. The van der Waals surface area contributed by atoms with Crippen LogP contribution in [0.2, 0.25) is 0 Å². The average molecular weight is 253 g/mol. The SMILES string of the molecule is N#CCC#Cc1ccc2[nH]cc([N+](=O)[O-])c(=O)c2c1. The number of rotatable bonds is 1. The van der Waals surface area contributed by atoms with Gasteiger partial charge in [0.2, 0.25) is 0 Å². The van der Waals surface area contributed by atoms with Crippen molar-refractivity contribution in [2.75, 3.05) is 0 Å².